The lowest BCUT2D eigenvalue weighted by Crippen LogP contribution is -2.14. The molecule has 0 saturated heterocycles. The van der Waals surface area contributed by atoms with Gasteiger partial charge in [0.1, 0.15) is 11.5 Å². The zero-order chi connectivity index (χ0) is 16.4. The molecule has 0 amide bonds. The van der Waals surface area contributed by atoms with E-state index in [1.807, 2.05) is 43.3 Å². The molecule has 0 saturated carbocycles. The van der Waals surface area contributed by atoms with Crippen molar-refractivity contribution in [3.05, 3.63) is 69.5 Å². The minimum absolute atomic E-state index is 0.0472. The first-order valence-corrected chi connectivity index (χ1v) is 7.45. The van der Waals surface area contributed by atoms with E-state index in [0.29, 0.717) is 17.6 Å². The Morgan fingerprint density at radius 2 is 1.61 bits per heavy atom. The van der Waals surface area contributed by atoms with Crippen LogP contribution in [0.5, 0.6) is 11.5 Å². The van der Waals surface area contributed by atoms with E-state index in [1.165, 1.54) is 0 Å². The molecule has 0 radical (unpaired) electrons. The van der Waals surface area contributed by atoms with Gasteiger partial charge < -0.3 is 14.5 Å². The van der Waals surface area contributed by atoms with Crippen LogP contribution in [0.25, 0.3) is 10.9 Å². The van der Waals surface area contributed by atoms with Gasteiger partial charge >= 0.3 is 0 Å². The fourth-order valence-electron chi connectivity index (χ4n) is 2.72. The second-order valence-electron chi connectivity index (χ2n) is 5.49. The van der Waals surface area contributed by atoms with E-state index in [1.54, 1.807) is 20.3 Å². The summed E-state index contributed by atoms with van der Waals surface area (Å²) in [5, 5.41) is 0.651. The van der Waals surface area contributed by atoms with Gasteiger partial charge in [-0.25, -0.2) is 0 Å². The first-order chi connectivity index (χ1) is 11.1. The average Bonchev–Trinajstić information content (AvgIpc) is 2.59. The molecule has 0 bridgehead atoms. The second kappa shape index (κ2) is 6.16. The number of hydrogen-bond acceptors (Lipinski definition) is 3. The monoisotopic (exact) mass is 309 g/mol. The quantitative estimate of drug-likeness (QED) is 0.803. The van der Waals surface area contributed by atoms with Crippen LogP contribution in [0.2, 0.25) is 0 Å². The molecule has 0 aliphatic carbocycles. The standard InChI is InChI=1S/C19H19NO3/c1-12-16(10-13-4-6-14(22-2)7-5-13)19(21)17-11-15(23-3)8-9-18(17)20-12/h4-9,11H,10H2,1-3H3,(H,20,21). The Morgan fingerprint density at radius 3 is 2.26 bits per heavy atom. The molecule has 0 aliphatic heterocycles. The summed E-state index contributed by atoms with van der Waals surface area (Å²) in [6.07, 6.45) is 0.582. The summed E-state index contributed by atoms with van der Waals surface area (Å²) in [7, 11) is 3.24. The zero-order valence-corrected chi connectivity index (χ0v) is 13.5. The molecule has 1 heterocycles. The van der Waals surface area contributed by atoms with Gasteiger partial charge in [-0.3, -0.25) is 4.79 Å². The normalized spacial score (nSPS) is 10.7. The van der Waals surface area contributed by atoms with E-state index in [-0.39, 0.29) is 5.43 Å². The summed E-state index contributed by atoms with van der Waals surface area (Å²) < 4.78 is 10.4. The molecule has 0 fully saturated rings. The van der Waals surface area contributed by atoms with Crippen LogP contribution in [0.3, 0.4) is 0 Å². The highest BCUT2D eigenvalue weighted by Gasteiger charge is 2.11. The Kier molecular flexibility index (Phi) is 4.06. The number of nitrogens with one attached hydrogen (secondary N) is 1. The molecule has 0 unspecified atom stereocenters. The van der Waals surface area contributed by atoms with Crippen molar-refractivity contribution in [3.8, 4) is 11.5 Å². The molecule has 3 aromatic rings. The van der Waals surface area contributed by atoms with Crippen molar-refractivity contribution in [2.75, 3.05) is 14.2 Å². The summed E-state index contributed by atoms with van der Waals surface area (Å²) >= 11 is 0. The van der Waals surface area contributed by atoms with E-state index < -0.39 is 0 Å². The number of aromatic nitrogens is 1. The van der Waals surface area contributed by atoms with Gasteiger partial charge in [-0.2, -0.15) is 0 Å². The summed E-state index contributed by atoms with van der Waals surface area (Å²) in [6.45, 7) is 1.93. The highest BCUT2D eigenvalue weighted by Crippen LogP contribution is 2.20. The maximum atomic E-state index is 12.8. The summed E-state index contributed by atoms with van der Waals surface area (Å²) in [6, 6.07) is 13.3. The van der Waals surface area contributed by atoms with Gasteiger partial charge in [0, 0.05) is 28.6 Å². The largest absolute Gasteiger partial charge is 0.497 e. The summed E-state index contributed by atoms with van der Waals surface area (Å²) in [4.78, 5) is 16.2. The predicted molar refractivity (Wildman–Crippen MR) is 91.7 cm³/mol. The number of pyridine rings is 1. The number of rotatable bonds is 4. The lowest BCUT2D eigenvalue weighted by Gasteiger charge is -2.10. The van der Waals surface area contributed by atoms with Gasteiger partial charge in [0.2, 0.25) is 0 Å². The molecule has 3 rings (SSSR count). The van der Waals surface area contributed by atoms with Crippen molar-refractivity contribution < 1.29 is 9.47 Å². The second-order valence-corrected chi connectivity index (χ2v) is 5.49. The van der Waals surface area contributed by atoms with E-state index >= 15 is 0 Å². The van der Waals surface area contributed by atoms with Crippen LogP contribution < -0.4 is 14.9 Å². The number of fused-ring (bicyclic) bond motifs is 1. The first kappa shape index (κ1) is 15.2. The highest BCUT2D eigenvalue weighted by molar-refractivity contribution is 5.81. The fourth-order valence-corrected chi connectivity index (χ4v) is 2.72. The molecular weight excluding hydrogens is 290 g/mol. The molecule has 1 N–H and O–H groups in total. The van der Waals surface area contributed by atoms with Crippen LogP contribution in [-0.2, 0) is 6.42 Å². The third-order valence-electron chi connectivity index (χ3n) is 4.06. The van der Waals surface area contributed by atoms with Gasteiger partial charge in [0.05, 0.1) is 14.2 Å². The van der Waals surface area contributed by atoms with E-state index in [0.717, 1.165) is 28.1 Å². The molecule has 0 aliphatic rings. The van der Waals surface area contributed by atoms with Crippen LogP contribution >= 0.6 is 0 Å². The molecule has 0 atom stereocenters. The summed E-state index contributed by atoms with van der Waals surface area (Å²) in [5.41, 5.74) is 3.61. The van der Waals surface area contributed by atoms with Gasteiger partial charge in [0.15, 0.2) is 5.43 Å². The SMILES string of the molecule is COc1ccc(Cc2c(C)[nH]c3ccc(OC)cc3c2=O)cc1. The maximum Gasteiger partial charge on any atom is 0.193 e. The van der Waals surface area contributed by atoms with Crippen molar-refractivity contribution in [2.24, 2.45) is 0 Å². The number of methoxy groups -OCH3 is 2. The number of ether oxygens (including phenoxy) is 2. The zero-order valence-electron chi connectivity index (χ0n) is 13.5. The Bertz CT molecular complexity index is 895. The minimum atomic E-state index is 0.0472. The Balaban J connectivity index is 2.07. The lowest BCUT2D eigenvalue weighted by molar-refractivity contribution is 0.414. The number of aryl methyl sites for hydroxylation is 1. The van der Waals surface area contributed by atoms with Crippen LogP contribution in [0, 0.1) is 6.92 Å². The van der Waals surface area contributed by atoms with Crippen molar-refractivity contribution >= 4 is 10.9 Å². The Labute approximate surface area is 134 Å². The maximum absolute atomic E-state index is 12.8. The molecular formula is C19H19NO3. The van der Waals surface area contributed by atoms with Crippen LogP contribution in [-0.4, -0.2) is 19.2 Å². The van der Waals surface area contributed by atoms with Crippen LogP contribution in [0.15, 0.2) is 47.3 Å². The minimum Gasteiger partial charge on any atom is -0.497 e. The highest BCUT2D eigenvalue weighted by atomic mass is 16.5. The molecule has 0 spiro atoms. The fraction of sp³-hybridized carbons (Fsp3) is 0.211. The number of aromatic amines is 1. The predicted octanol–water partition coefficient (Wildman–Crippen LogP) is 3.44. The lowest BCUT2D eigenvalue weighted by atomic mass is 10.0. The van der Waals surface area contributed by atoms with E-state index in [9.17, 15) is 4.79 Å². The van der Waals surface area contributed by atoms with E-state index in [4.69, 9.17) is 9.47 Å². The molecule has 2 aromatic carbocycles. The van der Waals surface area contributed by atoms with Gasteiger partial charge in [0.25, 0.3) is 0 Å². The number of hydrogen-bond donors (Lipinski definition) is 1. The number of H-pyrrole nitrogens is 1. The smallest absolute Gasteiger partial charge is 0.193 e. The summed E-state index contributed by atoms with van der Waals surface area (Å²) in [5.74, 6) is 1.49. The third kappa shape index (κ3) is 2.93. The Morgan fingerprint density at radius 1 is 0.957 bits per heavy atom. The topological polar surface area (TPSA) is 51.3 Å². The van der Waals surface area contributed by atoms with Gasteiger partial charge in [-0.05, 0) is 42.8 Å². The molecule has 4 nitrogen and oxygen atoms in total. The average molecular weight is 309 g/mol. The van der Waals surface area contributed by atoms with E-state index in [2.05, 4.69) is 4.98 Å². The van der Waals surface area contributed by atoms with Crippen LogP contribution in [0.4, 0.5) is 0 Å². The molecule has 23 heavy (non-hydrogen) atoms. The van der Waals surface area contributed by atoms with Crippen molar-refractivity contribution in [1.82, 2.24) is 4.98 Å². The van der Waals surface area contributed by atoms with Gasteiger partial charge in [-0.1, -0.05) is 12.1 Å². The Hall–Kier alpha value is -2.75. The van der Waals surface area contributed by atoms with Crippen molar-refractivity contribution in [1.29, 1.82) is 0 Å². The van der Waals surface area contributed by atoms with Crippen LogP contribution in [0.1, 0.15) is 16.8 Å². The molecule has 1 aromatic heterocycles. The third-order valence-corrected chi connectivity index (χ3v) is 4.06. The van der Waals surface area contributed by atoms with Crippen molar-refractivity contribution in [3.63, 3.8) is 0 Å². The molecule has 4 heteroatoms. The number of benzene rings is 2. The van der Waals surface area contributed by atoms with Crippen molar-refractivity contribution in [2.45, 2.75) is 13.3 Å². The first-order valence-electron chi connectivity index (χ1n) is 7.45. The van der Waals surface area contributed by atoms with Gasteiger partial charge in [-0.15, -0.1) is 0 Å². The molecule has 118 valence electrons.